The summed E-state index contributed by atoms with van der Waals surface area (Å²) in [7, 11) is 0. The average Bonchev–Trinajstić information content (AvgIpc) is 3.24. The number of rotatable bonds is 8. The Balaban J connectivity index is 1.36. The van der Waals surface area contributed by atoms with Crippen molar-refractivity contribution in [2.75, 3.05) is 19.8 Å². The highest BCUT2D eigenvalue weighted by Gasteiger charge is 2.29. The highest BCUT2D eigenvalue weighted by atomic mass is 35.5. The third kappa shape index (κ3) is 4.41. The van der Waals surface area contributed by atoms with Gasteiger partial charge >= 0.3 is 0 Å². The van der Waals surface area contributed by atoms with Crippen molar-refractivity contribution in [3.05, 3.63) is 47.1 Å². The van der Waals surface area contributed by atoms with E-state index in [1.165, 1.54) is 34.2 Å². The molecule has 4 rings (SSSR count). The number of halogens is 1. The molecule has 0 spiro atoms. The number of unbranched alkanes of at least 4 members (excludes halogenated alkanes) is 2. The molecule has 0 saturated heterocycles. The van der Waals surface area contributed by atoms with Crippen LogP contribution in [0, 0.1) is 0 Å². The summed E-state index contributed by atoms with van der Waals surface area (Å²) in [6, 6.07) is 11.0. The van der Waals surface area contributed by atoms with Crippen molar-refractivity contribution < 1.29 is 0 Å². The van der Waals surface area contributed by atoms with E-state index in [2.05, 4.69) is 63.6 Å². The second-order valence-corrected chi connectivity index (χ2v) is 8.84. The van der Waals surface area contributed by atoms with Crippen LogP contribution in [-0.4, -0.2) is 41.0 Å². The third-order valence-electron chi connectivity index (χ3n) is 5.09. The first-order chi connectivity index (χ1) is 13.2. The maximum Gasteiger partial charge on any atom is 0.197 e. The molecule has 0 amide bonds. The van der Waals surface area contributed by atoms with Crippen molar-refractivity contribution in [1.82, 2.24) is 15.1 Å². The van der Waals surface area contributed by atoms with Crippen molar-refractivity contribution in [3.8, 4) is 0 Å². The highest BCUT2D eigenvalue weighted by molar-refractivity contribution is 7.19. The highest BCUT2D eigenvalue weighted by Crippen LogP contribution is 2.26. The standard InChI is InChI=1S/C21H27ClN4S/c1-2-3-6-12-26-15-25(14-18-20(26)24-21(22)23-18)11-7-9-17-13-16-8-4-5-10-19(16)27-17/h4-5,8,10,13-14,21,23H,2-3,6-7,9,11-12,15H2,1H3. The van der Waals surface area contributed by atoms with Crippen LogP contribution < -0.4 is 5.32 Å². The van der Waals surface area contributed by atoms with Gasteiger partial charge in [-0.2, -0.15) is 0 Å². The fourth-order valence-corrected chi connectivity index (χ4v) is 5.06. The Kier molecular flexibility index (Phi) is 5.89. The van der Waals surface area contributed by atoms with Crippen molar-refractivity contribution in [1.29, 1.82) is 0 Å². The molecule has 0 saturated carbocycles. The predicted octanol–water partition coefficient (Wildman–Crippen LogP) is 4.96. The zero-order valence-electron chi connectivity index (χ0n) is 15.8. The SMILES string of the molecule is CCCCCN1CN(CCCc2cc3ccccc3s2)C=C2NC(Cl)N=C21. The van der Waals surface area contributed by atoms with Crippen molar-refractivity contribution in [2.24, 2.45) is 4.99 Å². The van der Waals surface area contributed by atoms with Gasteiger partial charge in [-0.1, -0.05) is 49.6 Å². The minimum Gasteiger partial charge on any atom is -0.358 e. The Hall–Kier alpha value is -1.72. The van der Waals surface area contributed by atoms with Gasteiger partial charge in [0.15, 0.2) is 11.5 Å². The first-order valence-electron chi connectivity index (χ1n) is 9.90. The van der Waals surface area contributed by atoms with Crippen LogP contribution in [0.4, 0.5) is 0 Å². The Morgan fingerprint density at radius 3 is 2.96 bits per heavy atom. The second-order valence-electron chi connectivity index (χ2n) is 7.25. The van der Waals surface area contributed by atoms with Crippen LogP contribution in [0.5, 0.6) is 0 Å². The van der Waals surface area contributed by atoms with Gasteiger partial charge in [-0.3, -0.25) is 0 Å². The van der Waals surface area contributed by atoms with E-state index in [9.17, 15) is 0 Å². The minimum atomic E-state index is -0.335. The topological polar surface area (TPSA) is 30.9 Å². The molecule has 1 aromatic carbocycles. The van der Waals surface area contributed by atoms with Crippen LogP contribution in [0.3, 0.4) is 0 Å². The molecule has 2 aliphatic rings. The van der Waals surface area contributed by atoms with Gasteiger partial charge < -0.3 is 15.1 Å². The molecule has 2 aliphatic heterocycles. The summed E-state index contributed by atoms with van der Waals surface area (Å²) in [5.41, 5.74) is 0.734. The third-order valence-corrected chi connectivity index (χ3v) is 6.47. The number of thiophene rings is 1. The molecule has 6 heteroatoms. The summed E-state index contributed by atoms with van der Waals surface area (Å²) in [6.45, 7) is 5.24. The minimum absolute atomic E-state index is 0.335. The summed E-state index contributed by atoms with van der Waals surface area (Å²) in [5, 5.41) is 4.64. The van der Waals surface area contributed by atoms with Gasteiger partial charge in [0.05, 0.1) is 12.4 Å². The predicted molar refractivity (Wildman–Crippen MR) is 116 cm³/mol. The number of benzene rings is 1. The zero-order valence-corrected chi connectivity index (χ0v) is 17.4. The number of amidine groups is 1. The van der Waals surface area contributed by atoms with Crippen LogP contribution >= 0.6 is 22.9 Å². The molecule has 1 aromatic heterocycles. The first-order valence-corrected chi connectivity index (χ1v) is 11.2. The van der Waals surface area contributed by atoms with Gasteiger partial charge in [0.1, 0.15) is 0 Å². The lowest BCUT2D eigenvalue weighted by Gasteiger charge is -2.36. The lowest BCUT2D eigenvalue weighted by Crippen LogP contribution is -2.45. The maximum atomic E-state index is 6.20. The number of nitrogens with one attached hydrogen (secondary N) is 1. The van der Waals surface area contributed by atoms with E-state index in [-0.39, 0.29) is 5.62 Å². The van der Waals surface area contributed by atoms with Gasteiger partial charge in [0.2, 0.25) is 0 Å². The number of hydrogen-bond donors (Lipinski definition) is 1. The van der Waals surface area contributed by atoms with E-state index in [1.807, 2.05) is 11.3 Å². The van der Waals surface area contributed by atoms with Gasteiger partial charge in [-0.25, -0.2) is 4.99 Å². The summed E-state index contributed by atoms with van der Waals surface area (Å²) >= 11 is 8.12. The van der Waals surface area contributed by atoms with Gasteiger partial charge in [-0.05, 0) is 36.8 Å². The number of hydrogen-bond acceptors (Lipinski definition) is 5. The monoisotopic (exact) mass is 402 g/mol. The van der Waals surface area contributed by atoms with E-state index in [0.717, 1.165) is 44.1 Å². The fourth-order valence-electron chi connectivity index (χ4n) is 3.74. The molecule has 1 unspecified atom stereocenters. The van der Waals surface area contributed by atoms with Crippen LogP contribution in [0.15, 0.2) is 47.2 Å². The molecule has 1 atom stereocenters. The van der Waals surface area contributed by atoms with Crippen molar-refractivity contribution in [3.63, 3.8) is 0 Å². The molecular formula is C21H27ClN4S. The Bertz CT molecular complexity index is 811. The van der Waals surface area contributed by atoms with Crippen LogP contribution in [0.1, 0.15) is 37.5 Å². The number of nitrogens with zero attached hydrogens (tertiary/aromatic N) is 3. The van der Waals surface area contributed by atoms with Crippen molar-refractivity contribution in [2.45, 2.75) is 44.7 Å². The molecule has 2 aromatic rings. The number of alkyl halides is 1. The molecule has 1 N–H and O–H groups in total. The zero-order chi connectivity index (χ0) is 18.6. The molecule has 0 radical (unpaired) electrons. The van der Waals surface area contributed by atoms with Crippen LogP contribution in [0.25, 0.3) is 10.1 Å². The van der Waals surface area contributed by atoms with E-state index >= 15 is 0 Å². The number of fused-ring (bicyclic) bond motifs is 2. The molecule has 4 nitrogen and oxygen atoms in total. The lowest BCUT2D eigenvalue weighted by molar-refractivity contribution is 0.230. The lowest BCUT2D eigenvalue weighted by atomic mass is 10.2. The van der Waals surface area contributed by atoms with Crippen molar-refractivity contribution >= 4 is 38.9 Å². The van der Waals surface area contributed by atoms with Gasteiger partial charge in [0.25, 0.3) is 0 Å². The summed E-state index contributed by atoms with van der Waals surface area (Å²) in [4.78, 5) is 10.8. The second kappa shape index (κ2) is 8.53. The number of aliphatic imine (C=N–C) groups is 1. The Morgan fingerprint density at radius 2 is 2.11 bits per heavy atom. The molecule has 0 bridgehead atoms. The molecular weight excluding hydrogens is 376 g/mol. The van der Waals surface area contributed by atoms with E-state index < -0.39 is 0 Å². The van der Waals surface area contributed by atoms with Crippen LogP contribution in [-0.2, 0) is 6.42 Å². The molecule has 3 heterocycles. The maximum absolute atomic E-state index is 6.20. The van der Waals surface area contributed by atoms with E-state index in [0.29, 0.717) is 0 Å². The molecule has 0 fully saturated rings. The van der Waals surface area contributed by atoms with Crippen LogP contribution in [0.2, 0.25) is 0 Å². The summed E-state index contributed by atoms with van der Waals surface area (Å²) < 4.78 is 1.39. The normalized spacial score (nSPS) is 19.1. The Morgan fingerprint density at radius 1 is 1.22 bits per heavy atom. The molecule has 144 valence electrons. The quantitative estimate of drug-likeness (QED) is 0.384. The molecule has 27 heavy (non-hydrogen) atoms. The summed E-state index contributed by atoms with van der Waals surface area (Å²) in [6.07, 6.45) is 8.16. The first kappa shape index (κ1) is 18.6. The van der Waals surface area contributed by atoms with Gasteiger partial charge in [-0.15, -0.1) is 11.3 Å². The average molecular weight is 403 g/mol. The van der Waals surface area contributed by atoms with E-state index in [1.54, 1.807) is 0 Å². The molecule has 0 aliphatic carbocycles. The van der Waals surface area contributed by atoms with E-state index in [4.69, 9.17) is 11.6 Å². The number of aryl methyl sites for hydroxylation is 1. The smallest absolute Gasteiger partial charge is 0.197 e. The summed E-state index contributed by atoms with van der Waals surface area (Å²) in [5.74, 6) is 1.03. The van der Waals surface area contributed by atoms with Gasteiger partial charge in [0, 0.05) is 28.9 Å². The fraction of sp³-hybridized carbons (Fsp3) is 0.476. The largest absolute Gasteiger partial charge is 0.358 e. The Labute approximate surface area is 170 Å².